The molecule has 0 spiro atoms. The number of carbonyl (C=O) groups is 2. The van der Waals surface area contributed by atoms with E-state index in [1.807, 2.05) is 34.6 Å². The van der Waals surface area contributed by atoms with Crippen molar-refractivity contribution in [3.05, 3.63) is 0 Å². The van der Waals surface area contributed by atoms with Crippen LogP contribution < -0.4 is 5.32 Å². The summed E-state index contributed by atoms with van der Waals surface area (Å²) >= 11 is 0. The van der Waals surface area contributed by atoms with Crippen molar-refractivity contribution in [1.82, 2.24) is 15.1 Å². The van der Waals surface area contributed by atoms with Gasteiger partial charge in [-0.3, -0.25) is 19.0 Å². The second-order valence-corrected chi connectivity index (χ2v) is 12.2. The lowest BCUT2D eigenvalue weighted by Crippen LogP contribution is -2.58. The average Bonchev–Trinajstić information content (AvgIpc) is 2.71. The fourth-order valence-corrected chi connectivity index (χ4v) is 3.96. The van der Waals surface area contributed by atoms with Gasteiger partial charge in [0.05, 0.1) is 5.60 Å². The average molecular weight is 508 g/mol. The molecule has 0 bridgehead atoms. The van der Waals surface area contributed by atoms with Gasteiger partial charge in [-0.15, -0.1) is 0 Å². The Morgan fingerprint density at radius 1 is 1.03 bits per heavy atom. The highest BCUT2D eigenvalue weighted by Crippen LogP contribution is 2.22. The van der Waals surface area contributed by atoms with Gasteiger partial charge >= 0.3 is 0 Å². The van der Waals surface area contributed by atoms with E-state index in [4.69, 9.17) is 4.74 Å². The van der Waals surface area contributed by atoms with E-state index >= 15 is 0 Å². The topological polar surface area (TPSA) is 116 Å². The van der Waals surface area contributed by atoms with Gasteiger partial charge in [-0.05, 0) is 46.1 Å². The minimum atomic E-state index is -4.46. The second-order valence-electron chi connectivity index (χ2n) is 10.7. The number of hydrogen-bond donors (Lipinski definition) is 2. The lowest BCUT2D eigenvalue weighted by atomic mass is 9.88. The Labute approximate surface area is 207 Å². The fourth-order valence-electron chi connectivity index (χ4n) is 3.32. The smallest absolute Gasteiger partial charge is 0.267 e. The summed E-state index contributed by atoms with van der Waals surface area (Å²) in [5.74, 6) is -1.19. The number of hydrogen-bond acceptors (Lipinski definition) is 6. The molecule has 1 rings (SSSR count). The molecule has 1 atom stereocenters. The SMILES string of the molecule is CC.CC(C)CCN1CCN(C(=O)C(CS(=O)(=O)O)NC(=O)C(C)(C)CCOC(C)(C)C)CC1. The van der Waals surface area contributed by atoms with Gasteiger partial charge in [0.1, 0.15) is 11.8 Å². The number of carbonyl (C=O) groups excluding carboxylic acids is 2. The maximum atomic E-state index is 13.0. The summed E-state index contributed by atoms with van der Waals surface area (Å²) in [5.41, 5.74) is -1.22. The fraction of sp³-hybridized carbons (Fsp3) is 0.917. The summed E-state index contributed by atoms with van der Waals surface area (Å²) in [7, 11) is -4.46. The summed E-state index contributed by atoms with van der Waals surface area (Å²) in [6, 6.07) is -1.33. The maximum absolute atomic E-state index is 13.0. The zero-order valence-electron chi connectivity index (χ0n) is 22.8. The molecule has 0 saturated carbocycles. The van der Waals surface area contributed by atoms with Crippen molar-refractivity contribution in [2.24, 2.45) is 11.3 Å². The van der Waals surface area contributed by atoms with E-state index in [0.29, 0.717) is 45.1 Å². The predicted molar refractivity (Wildman–Crippen MR) is 136 cm³/mol. The zero-order chi connectivity index (χ0) is 26.7. The quantitative estimate of drug-likeness (QED) is 0.413. The van der Waals surface area contributed by atoms with Crippen molar-refractivity contribution in [2.75, 3.05) is 45.1 Å². The van der Waals surface area contributed by atoms with Crippen molar-refractivity contribution in [2.45, 2.75) is 86.8 Å². The Kier molecular flexibility index (Phi) is 13.8. The Morgan fingerprint density at radius 2 is 1.56 bits per heavy atom. The molecule has 34 heavy (non-hydrogen) atoms. The summed E-state index contributed by atoms with van der Waals surface area (Å²) in [4.78, 5) is 29.8. The van der Waals surface area contributed by atoms with Crippen molar-refractivity contribution >= 4 is 21.9 Å². The van der Waals surface area contributed by atoms with Crippen LogP contribution in [0.15, 0.2) is 0 Å². The molecule has 1 saturated heterocycles. The first-order valence-corrected chi connectivity index (χ1v) is 14.0. The van der Waals surface area contributed by atoms with Gasteiger partial charge in [-0.2, -0.15) is 8.42 Å². The Morgan fingerprint density at radius 3 is 2.00 bits per heavy atom. The molecule has 1 fully saturated rings. The van der Waals surface area contributed by atoms with E-state index in [2.05, 4.69) is 24.1 Å². The molecule has 0 aromatic carbocycles. The van der Waals surface area contributed by atoms with Gasteiger partial charge < -0.3 is 15.0 Å². The van der Waals surface area contributed by atoms with E-state index in [1.165, 1.54) is 0 Å². The number of rotatable bonds is 11. The summed E-state index contributed by atoms with van der Waals surface area (Å²) in [5, 5.41) is 2.57. The molecule has 2 N–H and O–H groups in total. The Hall–Kier alpha value is -1.23. The van der Waals surface area contributed by atoms with Gasteiger partial charge in [0.15, 0.2) is 0 Å². The predicted octanol–water partition coefficient (Wildman–Crippen LogP) is 2.81. The van der Waals surface area contributed by atoms with Crippen LogP contribution in [0.25, 0.3) is 0 Å². The Balaban J connectivity index is 0.00000529. The lowest BCUT2D eigenvalue weighted by molar-refractivity contribution is -0.140. The molecule has 202 valence electrons. The van der Waals surface area contributed by atoms with Crippen LogP contribution in [0.4, 0.5) is 0 Å². The van der Waals surface area contributed by atoms with Crippen LogP contribution >= 0.6 is 0 Å². The summed E-state index contributed by atoms with van der Waals surface area (Å²) in [6.07, 6.45) is 1.47. The molecule has 1 aliphatic rings. The number of ether oxygens (including phenoxy) is 1. The molecule has 0 radical (unpaired) electrons. The van der Waals surface area contributed by atoms with E-state index in [9.17, 15) is 22.6 Å². The standard InChI is InChI=1S/C22H43N3O6S.C2H6/c1-17(2)8-10-24-11-13-25(14-12-24)19(26)18(16-32(28,29)30)23-20(27)22(6,7)9-15-31-21(3,4)5;1-2/h17-18H,8-16H2,1-7H3,(H,23,27)(H,28,29,30);1-2H3. The maximum Gasteiger partial charge on any atom is 0.267 e. The van der Waals surface area contributed by atoms with Crippen LogP contribution in [0.5, 0.6) is 0 Å². The van der Waals surface area contributed by atoms with Crippen molar-refractivity contribution in [3.8, 4) is 0 Å². The molecule has 0 aliphatic carbocycles. The number of nitrogens with zero attached hydrogens (tertiary/aromatic N) is 2. The second kappa shape index (κ2) is 14.4. The molecular formula is C24H49N3O6S. The first-order valence-electron chi connectivity index (χ1n) is 12.4. The third kappa shape index (κ3) is 13.6. The van der Waals surface area contributed by atoms with Crippen LogP contribution in [0.2, 0.25) is 0 Å². The minimum absolute atomic E-state index is 0.340. The third-order valence-corrected chi connectivity index (χ3v) is 6.32. The molecule has 1 aliphatic heterocycles. The number of piperazine rings is 1. The van der Waals surface area contributed by atoms with Crippen LogP contribution in [-0.4, -0.2) is 91.3 Å². The Bertz CT molecular complexity index is 723. The van der Waals surface area contributed by atoms with Gasteiger partial charge in [-0.1, -0.05) is 41.5 Å². The van der Waals surface area contributed by atoms with Gasteiger partial charge in [0, 0.05) is 38.2 Å². The van der Waals surface area contributed by atoms with Crippen LogP contribution in [-0.2, 0) is 24.4 Å². The monoisotopic (exact) mass is 507 g/mol. The molecule has 1 unspecified atom stereocenters. The highest BCUT2D eigenvalue weighted by atomic mass is 32.2. The molecule has 10 heteroatoms. The molecule has 0 aromatic heterocycles. The van der Waals surface area contributed by atoms with Crippen molar-refractivity contribution in [3.63, 3.8) is 0 Å². The third-order valence-electron chi connectivity index (χ3n) is 5.56. The van der Waals surface area contributed by atoms with E-state index in [1.54, 1.807) is 18.7 Å². The highest BCUT2D eigenvalue weighted by molar-refractivity contribution is 7.85. The molecule has 2 amide bonds. The molecule has 1 heterocycles. The van der Waals surface area contributed by atoms with Gasteiger partial charge in [0.2, 0.25) is 11.8 Å². The van der Waals surface area contributed by atoms with Crippen LogP contribution in [0, 0.1) is 11.3 Å². The van der Waals surface area contributed by atoms with Crippen molar-refractivity contribution in [1.29, 1.82) is 0 Å². The first-order chi connectivity index (χ1) is 15.5. The van der Waals surface area contributed by atoms with E-state index < -0.39 is 39.1 Å². The molecular weight excluding hydrogens is 458 g/mol. The highest BCUT2D eigenvalue weighted by Gasteiger charge is 2.36. The van der Waals surface area contributed by atoms with E-state index in [0.717, 1.165) is 13.0 Å². The summed E-state index contributed by atoms with van der Waals surface area (Å²) in [6.45, 7) is 21.1. The molecule has 0 aromatic rings. The van der Waals surface area contributed by atoms with Crippen LogP contribution in [0.1, 0.15) is 75.2 Å². The van der Waals surface area contributed by atoms with Crippen LogP contribution in [0.3, 0.4) is 0 Å². The minimum Gasteiger partial charge on any atom is -0.376 e. The number of nitrogens with one attached hydrogen (secondary N) is 1. The lowest BCUT2D eigenvalue weighted by Gasteiger charge is -2.37. The summed E-state index contributed by atoms with van der Waals surface area (Å²) < 4.78 is 38.2. The van der Waals surface area contributed by atoms with E-state index in [-0.39, 0.29) is 5.60 Å². The largest absolute Gasteiger partial charge is 0.376 e. The van der Waals surface area contributed by atoms with Gasteiger partial charge in [-0.25, -0.2) is 0 Å². The molecule has 9 nitrogen and oxygen atoms in total. The zero-order valence-corrected chi connectivity index (χ0v) is 23.6. The van der Waals surface area contributed by atoms with Gasteiger partial charge in [0.25, 0.3) is 10.1 Å². The van der Waals surface area contributed by atoms with Crippen molar-refractivity contribution < 1.29 is 27.3 Å². The normalized spacial score (nSPS) is 16.6. The number of amides is 2. The first kappa shape index (κ1) is 32.8.